The second-order valence-corrected chi connectivity index (χ2v) is 5.93. The summed E-state index contributed by atoms with van der Waals surface area (Å²) in [7, 11) is 0. The predicted molar refractivity (Wildman–Crippen MR) is 61.4 cm³/mol. The van der Waals surface area contributed by atoms with Crippen molar-refractivity contribution in [3.63, 3.8) is 0 Å². The zero-order chi connectivity index (χ0) is 10.0. The summed E-state index contributed by atoms with van der Waals surface area (Å²) in [5.41, 5.74) is 0.543. The highest BCUT2D eigenvalue weighted by atomic mass is 15.0. The molecule has 1 atom stereocenters. The molecule has 0 radical (unpaired) electrons. The number of rotatable bonds is 2. The Kier molecular flexibility index (Phi) is 3.16. The minimum atomic E-state index is 0.543. The van der Waals surface area contributed by atoms with E-state index in [2.05, 4.69) is 19.2 Å². The van der Waals surface area contributed by atoms with E-state index in [1.165, 1.54) is 51.4 Å². The molecule has 2 aliphatic rings. The van der Waals surface area contributed by atoms with Gasteiger partial charge in [0.1, 0.15) is 0 Å². The Balaban J connectivity index is 1.88. The van der Waals surface area contributed by atoms with E-state index < -0.39 is 0 Å². The summed E-state index contributed by atoms with van der Waals surface area (Å²) in [5.74, 6) is 0. The largest absolute Gasteiger partial charge is 0.311 e. The van der Waals surface area contributed by atoms with Gasteiger partial charge in [0.05, 0.1) is 0 Å². The highest BCUT2D eigenvalue weighted by molar-refractivity contribution is 4.90. The van der Waals surface area contributed by atoms with Crippen LogP contribution in [0.2, 0.25) is 0 Å². The van der Waals surface area contributed by atoms with Gasteiger partial charge in [0.2, 0.25) is 0 Å². The molecule has 14 heavy (non-hydrogen) atoms. The molecule has 0 aromatic carbocycles. The van der Waals surface area contributed by atoms with Crippen LogP contribution in [0.1, 0.15) is 65.2 Å². The van der Waals surface area contributed by atoms with Crippen LogP contribution in [0.4, 0.5) is 0 Å². The van der Waals surface area contributed by atoms with Crippen LogP contribution < -0.4 is 5.32 Å². The van der Waals surface area contributed by atoms with Gasteiger partial charge in [-0.25, -0.2) is 0 Å². The average molecular weight is 195 g/mol. The van der Waals surface area contributed by atoms with E-state index in [9.17, 15) is 0 Å². The lowest BCUT2D eigenvalue weighted by molar-refractivity contribution is 0.155. The minimum Gasteiger partial charge on any atom is -0.311 e. The Labute approximate surface area is 88.7 Å². The molecular weight excluding hydrogens is 170 g/mol. The van der Waals surface area contributed by atoms with Crippen molar-refractivity contribution < 1.29 is 0 Å². The van der Waals surface area contributed by atoms with Crippen molar-refractivity contribution >= 4 is 0 Å². The molecule has 82 valence electrons. The summed E-state index contributed by atoms with van der Waals surface area (Å²) < 4.78 is 0. The van der Waals surface area contributed by atoms with Gasteiger partial charge in [0.15, 0.2) is 0 Å². The van der Waals surface area contributed by atoms with E-state index in [1.54, 1.807) is 0 Å². The van der Waals surface area contributed by atoms with Gasteiger partial charge >= 0.3 is 0 Å². The lowest BCUT2D eigenvalue weighted by atomic mass is 9.73. The summed E-state index contributed by atoms with van der Waals surface area (Å²) in [4.78, 5) is 0. The van der Waals surface area contributed by atoms with E-state index >= 15 is 0 Å². The van der Waals surface area contributed by atoms with Gasteiger partial charge in [0, 0.05) is 12.1 Å². The van der Waals surface area contributed by atoms with Gasteiger partial charge < -0.3 is 5.32 Å². The van der Waals surface area contributed by atoms with Gasteiger partial charge in [-0.2, -0.15) is 0 Å². The van der Waals surface area contributed by atoms with Crippen molar-refractivity contribution in [1.29, 1.82) is 0 Å². The van der Waals surface area contributed by atoms with E-state index in [1.807, 2.05) is 0 Å². The number of hydrogen-bond acceptors (Lipinski definition) is 1. The topological polar surface area (TPSA) is 12.0 Å². The molecule has 0 aliphatic heterocycles. The van der Waals surface area contributed by atoms with E-state index in [-0.39, 0.29) is 0 Å². The van der Waals surface area contributed by atoms with Gasteiger partial charge in [-0.1, -0.05) is 39.5 Å². The molecule has 1 heteroatoms. The van der Waals surface area contributed by atoms with Crippen molar-refractivity contribution in [3.8, 4) is 0 Å². The second kappa shape index (κ2) is 4.22. The van der Waals surface area contributed by atoms with Crippen LogP contribution in [0, 0.1) is 5.41 Å². The summed E-state index contributed by atoms with van der Waals surface area (Å²) in [5, 5.41) is 3.91. The predicted octanol–water partition coefficient (Wildman–Crippen LogP) is 3.49. The first-order chi connectivity index (χ1) is 6.68. The van der Waals surface area contributed by atoms with Crippen LogP contribution in [0.25, 0.3) is 0 Å². The summed E-state index contributed by atoms with van der Waals surface area (Å²) >= 11 is 0. The molecule has 0 bridgehead atoms. The summed E-state index contributed by atoms with van der Waals surface area (Å²) in [6.45, 7) is 4.89. The first-order valence-corrected chi connectivity index (χ1v) is 6.44. The molecule has 0 aromatic rings. The lowest BCUT2D eigenvalue weighted by Crippen LogP contribution is -2.47. The molecule has 0 spiro atoms. The molecule has 2 saturated carbocycles. The van der Waals surface area contributed by atoms with Crippen molar-refractivity contribution in [3.05, 3.63) is 0 Å². The standard InChI is InChI=1S/C13H25N/c1-13(2)10-6-5-9-12(13)14-11-7-3-4-8-11/h11-12,14H,3-10H2,1-2H3. The van der Waals surface area contributed by atoms with E-state index in [0.717, 1.165) is 12.1 Å². The summed E-state index contributed by atoms with van der Waals surface area (Å²) in [6.07, 6.45) is 11.4. The maximum Gasteiger partial charge on any atom is 0.0121 e. The molecule has 2 fully saturated rings. The maximum absolute atomic E-state index is 3.91. The molecule has 1 N–H and O–H groups in total. The second-order valence-electron chi connectivity index (χ2n) is 5.93. The highest BCUT2D eigenvalue weighted by Gasteiger charge is 2.33. The van der Waals surface area contributed by atoms with Gasteiger partial charge in [-0.15, -0.1) is 0 Å². The zero-order valence-electron chi connectivity index (χ0n) is 9.81. The molecule has 2 rings (SSSR count). The third-order valence-electron chi connectivity index (χ3n) is 4.30. The van der Waals surface area contributed by atoms with Gasteiger partial charge in [-0.3, -0.25) is 0 Å². The fourth-order valence-corrected chi connectivity index (χ4v) is 3.18. The van der Waals surface area contributed by atoms with Crippen molar-refractivity contribution in [2.45, 2.75) is 77.3 Å². The minimum absolute atomic E-state index is 0.543. The third kappa shape index (κ3) is 2.31. The van der Waals surface area contributed by atoms with Crippen LogP contribution in [-0.2, 0) is 0 Å². The Morgan fingerprint density at radius 2 is 1.57 bits per heavy atom. The molecule has 1 unspecified atom stereocenters. The SMILES string of the molecule is CC1(C)CCCCC1NC1CCCC1. The molecule has 0 amide bonds. The molecule has 0 aromatic heterocycles. The average Bonchev–Trinajstić information content (AvgIpc) is 2.61. The van der Waals surface area contributed by atoms with Crippen LogP contribution in [0.15, 0.2) is 0 Å². The van der Waals surface area contributed by atoms with E-state index in [4.69, 9.17) is 0 Å². The quantitative estimate of drug-likeness (QED) is 0.711. The van der Waals surface area contributed by atoms with Crippen LogP contribution in [0.3, 0.4) is 0 Å². The smallest absolute Gasteiger partial charge is 0.0121 e. The van der Waals surface area contributed by atoms with Crippen molar-refractivity contribution in [1.82, 2.24) is 5.32 Å². The van der Waals surface area contributed by atoms with Crippen molar-refractivity contribution in [2.75, 3.05) is 0 Å². The molecule has 2 aliphatic carbocycles. The monoisotopic (exact) mass is 195 g/mol. The molecular formula is C13H25N. The van der Waals surface area contributed by atoms with Crippen LogP contribution in [0.5, 0.6) is 0 Å². The Hall–Kier alpha value is -0.0400. The third-order valence-corrected chi connectivity index (χ3v) is 4.30. The fourth-order valence-electron chi connectivity index (χ4n) is 3.18. The molecule has 1 nitrogen and oxygen atoms in total. The van der Waals surface area contributed by atoms with Gasteiger partial charge in [0.25, 0.3) is 0 Å². The lowest BCUT2D eigenvalue weighted by Gasteiger charge is -2.40. The van der Waals surface area contributed by atoms with E-state index in [0.29, 0.717) is 5.41 Å². The van der Waals surface area contributed by atoms with Gasteiger partial charge in [-0.05, 0) is 31.1 Å². The maximum atomic E-state index is 3.91. The van der Waals surface area contributed by atoms with Crippen molar-refractivity contribution in [2.24, 2.45) is 5.41 Å². The molecule has 0 saturated heterocycles. The fraction of sp³-hybridized carbons (Fsp3) is 1.00. The first kappa shape index (κ1) is 10.5. The Bertz CT molecular complexity index is 180. The normalized spacial score (nSPS) is 33.4. The Morgan fingerprint density at radius 3 is 2.21 bits per heavy atom. The highest BCUT2D eigenvalue weighted by Crippen LogP contribution is 2.36. The first-order valence-electron chi connectivity index (χ1n) is 6.44. The summed E-state index contributed by atoms with van der Waals surface area (Å²) in [6, 6.07) is 1.64. The zero-order valence-corrected chi connectivity index (χ0v) is 9.81. The molecule has 0 heterocycles. The van der Waals surface area contributed by atoms with Crippen LogP contribution in [-0.4, -0.2) is 12.1 Å². The Morgan fingerprint density at radius 1 is 0.929 bits per heavy atom. The van der Waals surface area contributed by atoms with Crippen LogP contribution >= 0.6 is 0 Å². The number of hydrogen-bond donors (Lipinski definition) is 1. The number of nitrogens with one attached hydrogen (secondary N) is 1.